The topological polar surface area (TPSA) is 156 Å². The van der Waals surface area contributed by atoms with E-state index in [4.69, 9.17) is 26.8 Å². The molecule has 0 aliphatic rings. The molecule has 0 saturated heterocycles. The fraction of sp³-hybridized carbons (Fsp3) is 0.176. The van der Waals surface area contributed by atoms with Crippen molar-refractivity contribution < 1.29 is 27.0 Å². The maximum atomic E-state index is 15.4. The van der Waals surface area contributed by atoms with Crippen LogP contribution in [0, 0.1) is 51.0 Å². The SMILES string of the molecule is Cc1cc(OCc2c(F)cc(N=C(N)c3c(C)nc4c(OCc5c(F)cccc5F)cc(C)cn34)cc2F)c2nc(C)c(C(N)=NN)n2c1. The summed E-state index contributed by atoms with van der Waals surface area (Å²) in [7, 11) is 0. The van der Waals surface area contributed by atoms with Gasteiger partial charge in [0.05, 0.1) is 28.2 Å². The van der Waals surface area contributed by atoms with Crippen molar-refractivity contribution in [2.75, 3.05) is 0 Å². The molecule has 0 amide bonds. The number of fused-ring (bicyclic) bond motifs is 2. The molecule has 4 aromatic heterocycles. The highest BCUT2D eigenvalue weighted by molar-refractivity contribution is 5.99. The van der Waals surface area contributed by atoms with Gasteiger partial charge in [0.1, 0.15) is 53.7 Å². The normalized spacial score (nSPS) is 12.3. The monoisotopic (exact) mass is 673 g/mol. The average molecular weight is 674 g/mol. The van der Waals surface area contributed by atoms with Gasteiger partial charge in [0.15, 0.2) is 28.6 Å². The van der Waals surface area contributed by atoms with E-state index in [1.165, 1.54) is 6.07 Å². The van der Waals surface area contributed by atoms with Crippen molar-refractivity contribution in [1.82, 2.24) is 18.8 Å². The van der Waals surface area contributed by atoms with E-state index < -0.39 is 29.9 Å². The zero-order chi connectivity index (χ0) is 35.1. The summed E-state index contributed by atoms with van der Waals surface area (Å²) in [5, 5.41) is 3.55. The second kappa shape index (κ2) is 12.8. The Bertz CT molecular complexity index is 2290. The fourth-order valence-corrected chi connectivity index (χ4v) is 5.56. The zero-order valence-corrected chi connectivity index (χ0v) is 26.9. The smallest absolute Gasteiger partial charge is 0.180 e. The van der Waals surface area contributed by atoms with Gasteiger partial charge in [-0.1, -0.05) is 6.07 Å². The summed E-state index contributed by atoms with van der Waals surface area (Å²) < 4.78 is 74.0. The summed E-state index contributed by atoms with van der Waals surface area (Å²) in [6.45, 7) is 6.16. The first-order valence-electron chi connectivity index (χ1n) is 14.9. The minimum atomic E-state index is -0.906. The second-order valence-electron chi connectivity index (χ2n) is 11.4. The molecule has 0 spiro atoms. The Kier molecular flexibility index (Phi) is 8.58. The Hall–Kier alpha value is -6.12. The van der Waals surface area contributed by atoms with Gasteiger partial charge >= 0.3 is 0 Å². The number of amidine groups is 2. The lowest BCUT2D eigenvalue weighted by atomic mass is 10.2. The molecule has 252 valence electrons. The van der Waals surface area contributed by atoms with Gasteiger partial charge in [-0.2, -0.15) is 5.10 Å². The van der Waals surface area contributed by atoms with E-state index in [-0.39, 0.29) is 46.6 Å². The lowest BCUT2D eigenvalue weighted by Crippen LogP contribution is -2.19. The molecule has 0 radical (unpaired) electrons. The lowest BCUT2D eigenvalue weighted by molar-refractivity contribution is 0.294. The minimum Gasteiger partial charge on any atom is -0.485 e. The highest BCUT2D eigenvalue weighted by Gasteiger charge is 2.21. The molecule has 6 N–H and O–H groups in total. The van der Waals surface area contributed by atoms with Crippen LogP contribution in [0.2, 0.25) is 0 Å². The average Bonchev–Trinajstić information content (AvgIpc) is 3.54. The van der Waals surface area contributed by atoms with Gasteiger partial charge in [0.25, 0.3) is 0 Å². The predicted molar refractivity (Wildman–Crippen MR) is 176 cm³/mol. The highest BCUT2D eigenvalue weighted by atomic mass is 19.1. The number of nitrogens with zero attached hydrogens (tertiary/aromatic N) is 6. The van der Waals surface area contributed by atoms with Gasteiger partial charge in [-0.3, -0.25) is 8.80 Å². The quantitative estimate of drug-likeness (QED) is 0.0598. The largest absolute Gasteiger partial charge is 0.485 e. The van der Waals surface area contributed by atoms with Crippen molar-refractivity contribution in [3.05, 3.63) is 123 Å². The van der Waals surface area contributed by atoms with Crippen molar-refractivity contribution in [2.24, 2.45) is 27.4 Å². The van der Waals surface area contributed by atoms with Crippen LogP contribution in [0.15, 0.2) is 65.0 Å². The first kappa shape index (κ1) is 32.8. The molecule has 0 saturated carbocycles. The molecule has 0 atom stereocenters. The third-order valence-corrected chi connectivity index (χ3v) is 7.80. The third-order valence-electron chi connectivity index (χ3n) is 7.80. The molecular weight excluding hydrogens is 642 g/mol. The number of aromatic nitrogens is 4. The molecule has 0 aliphatic heterocycles. The molecule has 15 heteroatoms. The number of halogens is 4. The van der Waals surface area contributed by atoms with Crippen molar-refractivity contribution in [1.29, 1.82) is 0 Å². The Balaban J connectivity index is 1.28. The molecule has 11 nitrogen and oxygen atoms in total. The number of hydrogen-bond acceptors (Lipinski definition) is 7. The van der Waals surface area contributed by atoms with E-state index in [1.54, 1.807) is 54.1 Å². The summed E-state index contributed by atoms with van der Waals surface area (Å²) in [5.41, 5.74) is 15.6. The van der Waals surface area contributed by atoms with E-state index in [0.29, 0.717) is 39.6 Å². The zero-order valence-electron chi connectivity index (χ0n) is 26.9. The molecular formula is C34H31F4N9O2. The number of imidazole rings is 2. The Morgan fingerprint density at radius 1 is 0.694 bits per heavy atom. The summed E-state index contributed by atoms with van der Waals surface area (Å²) in [6, 6.07) is 8.98. The van der Waals surface area contributed by atoms with Crippen LogP contribution in [0.4, 0.5) is 23.2 Å². The Labute approximate surface area is 277 Å². The number of aliphatic imine (C=N–C) groups is 1. The molecule has 0 unspecified atom stereocenters. The van der Waals surface area contributed by atoms with Crippen LogP contribution < -0.4 is 26.8 Å². The maximum absolute atomic E-state index is 15.4. The van der Waals surface area contributed by atoms with E-state index in [0.717, 1.165) is 29.8 Å². The molecule has 0 aliphatic carbocycles. The fourth-order valence-electron chi connectivity index (χ4n) is 5.56. The van der Waals surface area contributed by atoms with Gasteiger partial charge in [0.2, 0.25) is 0 Å². The molecule has 2 aromatic carbocycles. The second-order valence-corrected chi connectivity index (χ2v) is 11.4. The molecule has 0 bridgehead atoms. The van der Waals surface area contributed by atoms with Crippen LogP contribution in [0.5, 0.6) is 11.5 Å². The van der Waals surface area contributed by atoms with Crippen molar-refractivity contribution in [3.63, 3.8) is 0 Å². The summed E-state index contributed by atoms with van der Waals surface area (Å²) in [6.07, 6.45) is 3.48. The van der Waals surface area contributed by atoms with Gasteiger partial charge in [-0.15, -0.1) is 0 Å². The summed E-state index contributed by atoms with van der Waals surface area (Å²) >= 11 is 0. The number of hydrogen-bond donors (Lipinski definition) is 3. The number of pyridine rings is 2. The van der Waals surface area contributed by atoms with E-state index >= 15 is 8.78 Å². The number of aryl methyl sites for hydroxylation is 4. The first-order chi connectivity index (χ1) is 23.4. The maximum Gasteiger partial charge on any atom is 0.180 e. The Morgan fingerprint density at radius 3 is 1.61 bits per heavy atom. The number of hydrazone groups is 1. The van der Waals surface area contributed by atoms with Crippen LogP contribution in [0.1, 0.15) is 45.0 Å². The number of benzene rings is 2. The summed E-state index contributed by atoms with van der Waals surface area (Å²) in [4.78, 5) is 13.3. The number of rotatable bonds is 9. The highest BCUT2D eigenvalue weighted by Crippen LogP contribution is 2.29. The standard InChI is InChI=1S/C34H31F4N9O2/c1-16-8-27(48-14-21-23(35)6-5-7-24(21)36)33-42-18(3)29(46(33)12-16)31(39)44-20-10-25(37)22(26(38)11-20)15-49-28-9-17(2)13-47-30(32(40)45-41)19(4)43-34(28)47/h5-13H,14-15,41H2,1-4H3,(H2,39,44)(H2,40,45). The van der Waals surface area contributed by atoms with Crippen molar-refractivity contribution in [2.45, 2.75) is 40.9 Å². The number of nitrogens with two attached hydrogens (primary N) is 3. The molecule has 4 heterocycles. The van der Waals surface area contributed by atoms with Gasteiger partial charge < -0.3 is 26.8 Å². The van der Waals surface area contributed by atoms with Crippen LogP contribution in [0.25, 0.3) is 11.3 Å². The number of ether oxygens (including phenoxy) is 2. The van der Waals surface area contributed by atoms with Crippen molar-refractivity contribution >= 4 is 28.7 Å². The van der Waals surface area contributed by atoms with Crippen LogP contribution in [0.3, 0.4) is 0 Å². The van der Waals surface area contributed by atoms with Gasteiger partial charge in [-0.25, -0.2) is 32.5 Å². The summed E-state index contributed by atoms with van der Waals surface area (Å²) in [5.74, 6) is 2.58. The van der Waals surface area contributed by atoms with Gasteiger partial charge in [0, 0.05) is 24.5 Å². The van der Waals surface area contributed by atoms with E-state index in [1.807, 2.05) is 6.92 Å². The molecule has 49 heavy (non-hydrogen) atoms. The lowest BCUT2D eigenvalue weighted by Gasteiger charge is -2.12. The van der Waals surface area contributed by atoms with Gasteiger partial charge in [-0.05, 0) is 63.1 Å². The first-order valence-corrected chi connectivity index (χ1v) is 14.9. The molecule has 6 aromatic rings. The minimum absolute atomic E-state index is 0.0634. The molecule has 0 fully saturated rings. The predicted octanol–water partition coefficient (Wildman–Crippen LogP) is 5.55. The molecule has 6 rings (SSSR count). The van der Waals surface area contributed by atoms with E-state index in [2.05, 4.69) is 20.1 Å². The van der Waals surface area contributed by atoms with Crippen molar-refractivity contribution in [3.8, 4) is 11.5 Å². The van der Waals surface area contributed by atoms with Crippen LogP contribution in [-0.4, -0.2) is 30.4 Å². The Morgan fingerprint density at radius 2 is 1.14 bits per heavy atom. The van der Waals surface area contributed by atoms with E-state index in [9.17, 15) is 8.78 Å². The van der Waals surface area contributed by atoms with Crippen LogP contribution >= 0.6 is 0 Å². The van der Waals surface area contributed by atoms with Crippen LogP contribution in [-0.2, 0) is 13.2 Å². The third kappa shape index (κ3) is 6.17.